The molecule has 1 amide bonds. The minimum absolute atomic E-state index is 0.135. The van der Waals surface area contributed by atoms with Crippen LogP contribution in [0, 0.1) is 6.92 Å². The van der Waals surface area contributed by atoms with Gasteiger partial charge in [-0.2, -0.15) is 0 Å². The van der Waals surface area contributed by atoms with Gasteiger partial charge < -0.3 is 10.6 Å². The Bertz CT molecular complexity index is 414. The lowest BCUT2D eigenvalue weighted by molar-refractivity contribution is -0.121. The van der Waals surface area contributed by atoms with E-state index >= 15 is 0 Å². The van der Waals surface area contributed by atoms with E-state index in [1.165, 1.54) is 24.8 Å². The number of aryl methyl sites for hydroxylation is 1. The Balaban J connectivity index is 1.68. The number of amides is 1. The SMILES string of the molecule is Cc1ccncc1CNC(=O)CCC1CCCCN1. The van der Waals surface area contributed by atoms with Crippen molar-refractivity contribution >= 4 is 5.91 Å². The third-order valence-corrected chi connectivity index (χ3v) is 3.76. The van der Waals surface area contributed by atoms with Gasteiger partial charge in [0.2, 0.25) is 5.91 Å². The van der Waals surface area contributed by atoms with Crippen LogP contribution in [0.5, 0.6) is 0 Å². The molecule has 2 N–H and O–H groups in total. The van der Waals surface area contributed by atoms with Crippen LogP contribution < -0.4 is 10.6 Å². The molecule has 1 aliphatic rings. The topological polar surface area (TPSA) is 54.0 Å². The molecule has 2 heterocycles. The molecule has 1 saturated heterocycles. The maximum Gasteiger partial charge on any atom is 0.220 e. The van der Waals surface area contributed by atoms with Gasteiger partial charge in [0, 0.05) is 31.4 Å². The van der Waals surface area contributed by atoms with E-state index in [1.807, 2.05) is 19.2 Å². The van der Waals surface area contributed by atoms with Gasteiger partial charge in [-0.15, -0.1) is 0 Å². The van der Waals surface area contributed by atoms with Crippen molar-refractivity contribution in [3.63, 3.8) is 0 Å². The highest BCUT2D eigenvalue weighted by Crippen LogP contribution is 2.11. The molecule has 1 aliphatic heterocycles. The van der Waals surface area contributed by atoms with Gasteiger partial charge in [-0.1, -0.05) is 6.42 Å². The minimum atomic E-state index is 0.135. The highest BCUT2D eigenvalue weighted by molar-refractivity contribution is 5.75. The Labute approximate surface area is 115 Å². The molecule has 104 valence electrons. The molecule has 1 fully saturated rings. The summed E-state index contributed by atoms with van der Waals surface area (Å²) >= 11 is 0. The van der Waals surface area contributed by atoms with Crippen molar-refractivity contribution in [2.75, 3.05) is 6.54 Å². The Kier molecular flexibility index (Phi) is 5.33. The molecular weight excluding hydrogens is 238 g/mol. The summed E-state index contributed by atoms with van der Waals surface area (Å²) in [5.41, 5.74) is 2.26. The Morgan fingerprint density at radius 2 is 2.42 bits per heavy atom. The van der Waals surface area contributed by atoms with E-state index in [9.17, 15) is 4.79 Å². The van der Waals surface area contributed by atoms with Crippen LogP contribution in [0.25, 0.3) is 0 Å². The van der Waals surface area contributed by atoms with E-state index in [0.717, 1.165) is 18.5 Å². The zero-order chi connectivity index (χ0) is 13.5. The van der Waals surface area contributed by atoms with E-state index in [0.29, 0.717) is 19.0 Å². The summed E-state index contributed by atoms with van der Waals surface area (Å²) in [6.45, 7) is 3.72. The van der Waals surface area contributed by atoms with Gasteiger partial charge in [-0.05, 0) is 49.9 Å². The number of nitrogens with one attached hydrogen (secondary N) is 2. The number of piperidine rings is 1. The number of nitrogens with zero attached hydrogens (tertiary/aromatic N) is 1. The maximum absolute atomic E-state index is 11.8. The molecule has 0 radical (unpaired) electrons. The van der Waals surface area contributed by atoms with Gasteiger partial charge in [0.1, 0.15) is 0 Å². The first-order valence-corrected chi connectivity index (χ1v) is 7.15. The molecule has 1 aromatic heterocycles. The van der Waals surface area contributed by atoms with Gasteiger partial charge in [-0.25, -0.2) is 0 Å². The summed E-state index contributed by atoms with van der Waals surface area (Å²) in [6.07, 6.45) is 8.90. The lowest BCUT2D eigenvalue weighted by Crippen LogP contribution is -2.35. The second-order valence-electron chi connectivity index (χ2n) is 5.26. The quantitative estimate of drug-likeness (QED) is 0.851. The first-order chi connectivity index (χ1) is 9.25. The van der Waals surface area contributed by atoms with Crippen LogP contribution in [0.2, 0.25) is 0 Å². The van der Waals surface area contributed by atoms with Gasteiger partial charge >= 0.3 is 0 Å². The Hall–Kier alpha value is -1.42. The van der Waals surface area contributed by atoms with Crippen LogP contribution in [0.4, 0.5) is 0 Å². The molecule has 4 heteroatoms. The first kappa shape index (κ1) is 14.0. The first-order valence-electron chi connectivity index (χ1n) is 7.15. The van der Waals surface area contributed by atoms with Crippen LogP contribution in [-0.2, 0) is 11.3 Å². The monoisotopic (exact) mass is 261 g/mol. The molecule has 1 aromatic rings. The van der Waals surface area contributed by atoms with Crippen molar-refractivity contribution in [1.29, 1.82) is 0 Å². The molecule has 19 heavy (non-hydrogen) atoms. The molecule has 0 saturated carbocycles. The number of carbonyl (C=O) groups excluding carboxylic acids is 1. The lowest BCUT2D eigenvalue weighted by atomic mass is 10.0. The van der Waals surface area contributed by atoms with Crippen LogP contribution in [0.15, 0.2) is 18.5 Å². The van der Waals surface area contributed by atoms with Crippen molar-refractivity contribution in [2.24, 2.45) is 0 Å². The highest BCUT2D eigenvalue weighted by atomic mass is 16.1. The van der Waals surface area contributed by atoms with Crippen molar-refractivity contribution in [2.45, 2.75) is 51.6 Å². The smallest absolute Gasteiger partial charge is 0.220 e. The van der Waals surface area contributed by atoms with E-state index in [4.69, 9.17) is 0 Å². The fourth-order valence-corrected chi connectivity index (χ4v) is 2.44. The summed E-state index contributed by atoms with van der Waals surface area (Å²) < 4.78 is 0. The van der Waals surface area contributed by atoms with Gasteiger partial charge in [0.15, 0.2) is 0 Å². The molecule has 2 rings (SSSR count). The van der Waals surface area contributed by atoms with Crippen LogP contribution in [-0.4, -0.2) is 23.5 Å². The van der Waals surface area contributed by atoms with Crippen molar-refractivity contribution in [3.05, 3.63) is 29.6 Å². The van der Waals surface area contributed by atoms with Gasteiger partial charge in [0.25, 0.3) is 0 Å². The molecule has 1 unspecified atom stereocenters. The highest BCUT2D eigenvalue weighted by Gasteiger charge is 2.13. The zero-order valence-electron chi connectivity index (χ0n) is 11.6. The van der Waals surface area contributed by atoms with Crippen molar-refractivity contribution in [3.8, 4) is 0 Å². The predicted octanol–water partition coefficient (Wildman–Crippen LogP) is 1.93. The largest absolute Gasteiger partial charge is 0.352 e. The van der Waals surface area contributed by atoms with Gasteiger partial charge in [0.05, 0.1) is 0 Å². The van der Waals surface area contributed by atoms with Crippen molar-refractivity contribution in [1.82, 2.24) is 15.6 Å². The summed E-state index contributed by atoms with van der Waals surface area (Å²) in [4.78, 5) is 15.9. The zero-order valence-corrected chi connectivity index (χ0v) is 11.6. The maximum atomic E-state index is 11.8. The third kappa shape index (κ3) is 4.63. The normalized spacial score (nSPS) is 19.1. The summed E-state index contributed by atoms with van der Waals surface area (Å²) in [7, 11) is 0. The molecule has 0 aliphatic carbocycles. The minimum Gasteiger partial charge on any atom is -0.352 e. The molecule has 1 atom stereocenters. The van der Waals surface area contributed by atoms with Crippen LogP contribution in [0.3, 0.4) is 0 Å². The van der Waals surface area contributed by atoms with Crippen LogP contribution in [0.1, 0.15) is 43.2 Å². The third-order valence-electron chi connectivity index (χ3n) is 3.76. The Morgan fingerprint density at radius 1 is 1.53 bits per heavy atom. The number of pyridine rings is 1. The average Bonchev–Trinajstić information content (AvgIpc) is 2.45. The van der Waals surface area contributed by atoms with E-state index in [-0.39, 0.29) is 5.91 Å². The average molecular weight is 261 g/mol. The molecule has 0 spiro atoms. The fraction of sp³-hybridized carbons (Fsp3) is 0.600. The predicted molar refractivity (Wildman–Crippen MR) is 75.7 cm³/mol. The summed E-state index contributed by atoms with van der Waals surface area (Å²) in [5, 5.41) is 6.44. The summed E-state index contributed by atoms with van der Waals surface area (Å²) in [6, 6.07) is 2.49. The standard InChI is InChI=1S/C15H23N3O/c1-12-7-9-16-10-13(12)11-18-15(19)6-5-14-4-2-3-8-17-14/h7,9-10,14,17H,2-6,8,11H2,1H3,(H,18,19). The van der Waals surface area contributed by atoms with Crippen molar-refractivity contribution < 1.29 is 4.79 Å². The molecule has 0 bridgehead atoms. The fourth-order valence-electron chi connectivity index (χ4n) is 2.44. The number of aromatic nitrogens is 1. The second-order valence-corrected chi connectivity index (χ2v) is 5.26. The number of hydrogen-bond donors (Lipinski definition) is 2. The second kappa shape index (κ2) is 7.24. The van der Waals surface area contributed by atoms with E-state index in [1.54, 1.807) is 6.20 Å². The Morgan fingerprint density at radius 3 is 3.16 bits per heavy atom. The molecular formula is C15H23N3O. The van der Waals surface area contributed by atoms with Gasteiger partial charge in [-0.3, -0.25) is 9.78 Å². The number of rotatable bonds is 5. The molecule has 0 aromatic carbocycles. The van der Waals surface area contributed by atoms with E-state index in [2.05, 4.69) is 15.6 Å². The van der Waals surface area contributed by atoms with E-state index < -0.39 is 0 Å². The number of hydrogen-bond acceptors (Lipinski definition) is 3. The summed E-state index contributed by atoms with van der Waals surface area (Å²) in [5.74, 6) is 0.135. The van der Waals surface area contributed by atoms with Crippen LogP contribution >= 0.6 is 0 Å². The lowest BCUT2D eigenvalue weighted by Gasteiger charge is -2.23. The molecule has 4 nitrogen and oxygen atoms in total. The number of carbonyl (C=O) groups is 1.